The van der Waals surface area contributed by atoms with Crippen LogP contribution in [0.1, 0.15) is 26.5 Å². The number of alkyl halides is 2. The van der Waals surface area contributed by atoms with E-state index in [1.54, 1.807) is 6.92 Å². The Hall–Kier alpha value is -0.970. The fourth-order valence-corrected chi connectivity index (χ4v) is 1.73. The van der Waals surface area contributed by atoms with Crippen LogP contribution in [-0.2, 0) is 0 Å². The third-order valence-corrected chi connectivity index (χ3v) is 2.37. The van der Waals surface area contributed by atoms with Gasteiger partial charge in [0.15, 0.2) is 0 Å². The van der Waals surface area contributed by atoms with Crippen molar-refractivity contribution in [2.45, 2.75) is 13.3 Å². The first-order valence-corrected chi connectivity index (χ1v) is 3.95. The molecule has 0 bridgehead atoms. The van der Waals surface area contributed by atoms with Gasteiger partial charge < -0.3 is 5.11 Å². The van der Waals surface area contributed by atoms with E-state index < -0.39 is 12.4 Å². The summed E-state index contributed by atoms with van der Waals surface area (Å²) in [6, 6.07) is 1.26. The zero-order valence-electron chi connectivity index (χ0n) is 6.17. The van der Waals surface area contributed by atoms with E-state index in [4.69, 9.17) is 5.11 Å². The fraction of sp³-hybridized carbons (Fsp3) is 0.286. The van der Waals surface area contributed by atoms with Crippen molar-refractivity contribution in [2.24, 2.45) is 0 Å². The summed E-state index contributed by atoms with van der Waals surface area (Å²) in [5.74, 6) is -1.30. The van der Waals surface area contributed by atoms with Gasteiger partial charge in [-0.25, -0.2) is 13.6 Å². The molecule has 0 radical (unpaired) electrons. The average molecular weight is 192 g/mol. The van der Waals surface area contributed by atoms with Crippen LogP contribution in [0, 0.1) is 6.92 Å². The van der Waals surface area contributed by atoms with E-state index in [1.165, 1.54) is 6.07 Å². The van der Waals surface area contributed by atoms with Crippen molar-refractivity contribution >= 4 is 17.3 Å². The average Bonchev–Trinajstić information content (AvgIpc) is 2.31. The first kappa shape index (κ1) is 9.12. The Bertz CT molecular complexity index is 306. The molecule has 1 rings (SSSR count). The van der Waals surface area contributed by atoms with Crippen molar-refractivity contribution in [3.8, 4) is 0 Å². The molecule has 0 saturated carbocycles. The van der Waals surface area contributed by atoms with E-state index in [-0.39, 0.29) is 10.4 Å². The molecular formula is C7H6F2O2S. The highest BCUT2D eigenvalue weighted by Crippen LogP contribution is 2.31. The molecule has 1 N–H and O–H groups in total. The number of carboxylic acid groups (broad SMARTS) is 1. The van der Waals surface area contributed by atoms with Crippen LogP contribution < -0.4 is 0 Å². The van der Waals surface area contributed by atoms with E-state index in [0.717, 1.165) is 11.3 Å². The fourth-order valence-electron chi connectivity index (χ4n) is 0.861. The Balaban J connectivity index is 3.17. The standard InChI is InChI=1S/C7H6F2O2S/c1-3-2-4(7(10)11)5(12-3)6(8)9/h2,6H,1H3,(H,10,11). The molecule has 1 aromatic rings. The third-order valence-electron chi connectivity index (χ3n) is 1.31. The van der Waals surface area contributed by atoms with Crippen LogP contribution in [0.2, 0.25) is 0 Å². The molecule has 0 aliphatic rings. The molecule has 5 heteroatoms. The van der Waals surface area contributed by atoms with E-state index >= 15 is 0 Å². The summed E-state index contributed by atoms with van der Waals surface area (Å²) in [7, 11) is 0. The first-order valence-electron chi connectivity index (χ1n) is 3.14. The Labute approximate surface area is 71.5 Å². The summed E-state index contributed by atoms with van der Waals surface area (Å²) in [6.45, 7) is 1.60. The minimum Gasteiger partial charge on any atom is -0.478 e. The van der Waals surface area contributed by atoms with Gasteiger partial charge in [-0.3, -0.25) is 0 Å². The van der Waals surface area contributed by atoms with Crippen molar-refractivity contribution in [1.29, 1.82) is 0 Å². The van der Waals surface area contributed by atoms with Crippen LogP contribution in [0.5, 0.6) is 0 Å². The van der Waals surface area contributed by atoms with Crippen LogP contribution in [0.15, 0.2) is 6.07 Å². The molecular weight excluding hydrogens is 186 g/mol. The number of carboxylic acids is 1. The molecule has 0 spiro atoms. The monoisotopic (exact) mass is 192 g/mol. The molecule has 0 saturated heterocycles. The van der Waals surface area contributed by atoms with Gasteiger partial charge in [0.25, 0.3) is 6.43 Å². The molecule has 12 heavy (non-hydrogen) atoms. The van der Waals surface area contributed by atoms with Crippen LogP contribution >= 0.6 is 11.3 Å². The molecule has 0 atom stereocenters. The van der Waals surface area contributed by atoms with Crippen molar-refractivity contribution in [3.63, 3.8) is 0 Å². The van der Waals surface area contributed by atoms with Gasteiger partial charge >= 0.3 is 5.97 Å². The molecule has 0 aliphatic heterocycles. The van der Waals surface area contributed by atoms with Gasteiger partial charge in [0.1, 0.15) is 0 Å². The smallest absolute Gasteiger partial charge is 0.337 e. The third kappa shape index (κ3) is 1.61. The van der Waals surface area contributed by atoms with Crippen molar-refractivity contribution in [3.05, 3.63) is 21.4 Å². The second-order valence-electron chi connectivity index (χ2n) is 2.24. The Morgan fingerprint density at radius 3 is 2.58 bits per heavy atom. The highest BCUT2D eigenvalue weighted by Gasteiger charge is 2.20. The van der Waals surface area contributed by atoms with E-state index in [2.05, 4.69) is 0 Å². The van der Waals surface area contributed by atoms with Gasteiger partial charge in [-0.1, -0.05) is 0 Å². The summed E-state index contributed by atoms with van der Waals surface area (Å²) in [5, 5.41) is 8.50. The lowest BCUT2D eigenvalue weighted by Crippen LogP contribution is -1.97. The molecule has 0 aromatic carbocycles. The number of rotatable bonds is 2. The molecule has 0 amide bonds. The number of aromatic carboxylic acids is 1. The van der Waals surface area contributed by atoms with Crippen LogP contribution in [-0.4, -0.2) is 11.1 Å². The van der Waals surface area contributed by atoms with E-state index in [0.29, 0.717) is 4.88 Å². The molecule has 2 nitrogen and oxygen atoms in total. The van der Waals surface area contributed by atoms with Gasteiger partial charge in [0.2, 0.25) is 0 Å². The number of hydrogen-bond donors (Lipinski definition) is 1. The summed E-state index contributed by atoms with van der Waals surface area (Å²) in [6.07, 6.45) is -2.70. The summed E-state index contributed by atoms with van der Waals surface area (Å²) >= 11 is 0.820. The zero-order chi connectivity index (χ0) is 9.30. The predicted octanol–water partition coefficient (Wildman–Crippen LogP) is 2.69. The number of aryl methyl sites for hydroxylation is 1. The lowest BCUT2D eigenvalue weighted by molar-refractivity contribution is 0.0687. The van der Waals surface area contributed by atoms with Crippen molar-refractivity contribution < 1.29 is 18.7 Å². The first-order chi connectivity index (χ1) is 5.52. The Kier molecular flexibility index (Phi) is 2.42. The summed E-state index contributed by atoms with van der Waals surface area (Å²) in [5.41, 5.74) is -0.285. The predicted molar refractivity (Wildman–Crippen MR) is 41.0 cm³/mol. The van der Waals surface area contributed by atoms with Gasteiger partial charge in [-0.05, 0) is 13.0 Å². The summed E-state index contributed by atoms with van der Waals surface area (Å²) in [4.78, 5) is 10.6. The molecule has 0 unspecified atom stereocenters. The maximum Gasteiger partial charge on any atom is 0.337 e. The molecule has 0 aliphatic carbocycles. The molecule has 1 aromatic heterocycles. The van der Waals surface area contributed by atoms with Crippen molar-refractivity contribution in [1.82, 2.24) is 0 Å². The van der Waals surface area contributed by atoms with Crippen LogP contribution in [0.3, 0.4) is 0 Å². The number of carbonyl (C=O) groups is 1. The second kappa shape index (κ2) is 3.18. The number of halogens is 2. The van der Waals surface area contributed by atoms with Gasteiger partial charge in [0.05, 0.1) is 10.4 Å². The topological polar surface area (TPSA) is 37.3 Å². The SMILES string of the molecule is Cc1cc(C(=O)O)c(C(F)F)s1. The zero-order valence-corrected chi connectivity index (χ0v) is 6.99. The van der Waals surface area contributed by atoms with Gasteiger partial charge in [-0.2, -0.15) is 0 Å². The van der Waals surface area contributed by atoms with Crippen LogP contribution in [0.25, 0.3) is 0 Å². The highest BCUT2D eigenvalue weighted by molar-refractivity contribution is 7.12. The number of thiophene rings is 1. The highest BCUT2D eigenvalue weighted by atomic mass is 32.1. The normalized spacial score (nSPS) is 10.7. The lowest BCUT2D eigenvalue weighted by Gasteiger charge is -1.95. The molecule has 66 valence electrons. The van der Waals surface area contributed by atoms with E-state index in [1.807, 2.05) is 0 Å². The second-order valence-corrected chi connectivity index (χ2v) is 3.53. The van der Waals surface area contributed by atoms with Gasteiger partial charge in [-0.15, -0.1) is 11.3 Å². The van der Waals surface area contributed by atoms with Crippen molar-refractivity contribution in [2.75, 3.05) is 0 Å². The maximum absolute atomic E-state index is 12.1. The largest absolute Gasteiger partial charge is 0.478 e. The summed E-state index contributed by atoms with van der Waals surface area (Å²) < 4.78 is 24.3. The lowest BCUT2D eigenvalue weighted by atomic mass is 10.2. The molecule has 0 fully saturated rings. The Morgan fingerprint density at radius 1 is 1.67 bits per heavy atom. The van der Waals surface area contributed by atoms with Gasteiger partial charge in [0, 0.05) is 4.88 Å². The van der Waals surface area contributed by atoms with E-state index in [9.17, 15) is 13.6 Å². The minimum absolute atomic E-state index is 0.285. The quantitative estimate of drug-likeness (QED) is 0.782. The maximum atomic E-state index is 12.1. The molecule has 1 heterocycles. The Morgan fingerprint density at radius 2 is 2.25 bits per heavy atom. The van der Waals surface area contributed by atoms with Crippen LogP contribution in [0.4, 0.5) is 8.78 Å². The minimum atomic E-state index is -2.70. The number of hydrogen-bond acceptors (Lipinski definition) is 2.